The first-order chi connectivity index (χ1) is 9.40. The third kappa shape index (κ3) is 2.14. The highest BCUT2D eigenvalue weighted by Crippen LogP contribution is 2.40. The molecule has 1 aliphatic carbocycles. The van der Waals surface area contributed by atoms with Gasteiger partial charge in [-0.3, -0.25) is 0 Å². The lowest BCUT2D eigenvalue weighted by Crippen LogP contribution is -1.94. The fraction of sp³-hybridized carbons (Fsp3) is 0.333. The van der Waals surface area contributed by atoms with Gasteiger partial charge in [-0.2, -0.15) is 0 Å². The maximum Gasteiger partial charge on any atom is 0.122 e. The van der Waals surface area contributed by atoms with Gasteiger partial charge in [0, 0.05) is 12.0 Å². The van der Waals surface area contributed by atoms with Gasteiger partial charge in [0.25, 0.3) is 0 Å². The van der Waals surface area contributed by atoms with Crippen LogP contribution < -0.4 is 4.74 Å². The zero-order valence-electron chi connectivity index (χ0n) is 11.1. The van der Waals surface area contributed by atoms with Crippen LogP contribution in [0.1, 0.15) is 41.0 Å². The molecule has 0 atom stereocenters. The third-order valence-electron chi connectivity index (χ3n) is 4.26. The predicted octanol–water partition coefficient (Wildman–Crippen LogP) is 4.09. The van der Waals surface area contributed by atoms with Crippen molar-refractivity contribution in [3.05, 3.63) is 64.7 Å². The Labute approximate surface area is 114 Å². The molecule has 1 heteroatoms. The van der Waals surface area contributed by atoms with Gasteiger partial charge >= 0.3 is 0 Å². The van der Waals surface area contributed by atoms with Crippen LogP contribution in [-0.4, -0.2) is 6.61 Å². The standard InChI is InChI=1S/C18H18O/c1-2-16(17-10-11-19-18(17)3-1)12-13-4-6-14(7-5-13)15-8-9-15/h1-7,15H,8-12H2. The van der Waals surface area contributed by atoms with E-state index in [1.165, 1.54) is 35.1 Å². The second-order valence-electron chi connectivity index (χ2n) is 5.68. The van der Waals surface area contributed by atoms with Crippen molar-refractivity contribution in [1.29, 1.82) is 0 Å². The lowest BCUT2D eigenvalue weighted by Gasteiger charge is -2.08. The molecule has 0 spiro atoms. The highest BCUT2D eigenvalue weighted by Gasteiger charge is 2.23. The van der Waals surface area contributed by atoms with E-state index in [1.54, 1.807) is 0 Å². The van der Waals surface area contributed by atoms with E-state index in [4.69, 9.17) is 4.74 Å². The minimum Gasteiger partial charge on any atom is -0.493 e. The number of ether oxygens (including phenoxy) is 1. The van der Waals surface area contributed by atoms with E-state index in [2.05, 4.69) is 42.5 Å². The van der Waals surface area contributed by atoms with Gasteiger partial charge in [-0.1, -0.05) is 36.4 Å². The van der Waals surface area contributed by atoms with Crippen LogP contribution in [0.25, 0.3) is 0 Å². The van der Waals surface area contributed by atoms with Crippen LogP contribution in [0.15, 0.2) is 42.5 Å². The molecule has 2 aromatic rings. The Morgan fingerprint density at radius 2 is 1.84 bits per heavy atom. The van der Waals surface area contributed by atoms with E-state index in [0.29, 0.717) is 0 Å². The molecular weight excluding hydrogens is 232 g/mol. The number of benzene rings is 2. The molecule has 0 unspecified atom stereocenters. The van der Waals surface area contributed by atoms with Crippen molar-refractivity contribution in [2.45, 2.75) is 31.6 Å². The zero-order valence-corrected chi connectivity index (χ0v) is 11.1. The van der Waals surface area contributed by atoms with E-state index in [9.17, 15) is 0 Å². The second kappa shape index (κ2) is 4.41. The summed E-state index contributed by atoms with van der Waals surface area (Å²) < 4.78 is 5.64. The fourth-order valence-corrected chi connectivity index (χ4v) is 3.00. The van der Waals surface area contributed by atoms with Crippen LogP contribution >= 0.6 is 0 Å². The Bertz CT molecular complexity index is 594. The molecule has 2 aromatic carbocycles. The van der Waals surface area contributed by atoms with E-state index >= 15 is 0 Å². The number of hydrogen-bond acceptors (Lipinski definition) is 1. The molecule has 4 rings (SSSR count). The largest absolute Gasteiger partial charge is 0.493 e. The van der Waals surface area contributed by atoms with Crippen LogP contribution in [-0.2, 0) is 12.8 Å². The molecule has 1 saturated carbocycles. The van der Waals surface area contributed by atoms with Crippen molar-refractivity contribution in [3.63, 3.8) is 0 Å². The Morgan fingerprint density at radius 1 is 1.00 bits per heavy atom. The van der Waals surface area contributed by atoms with Gasteiger partial charge < -0.3 is 4.74 Å². The summed E-state index contributed by atoms with van der Waals surface area (Å²) in [5, 5.41) is 0. The number of hydrogen-bond donors (Lipinski definition) is 0. The van der Waals surface area contributed by atoms with Crippen molar-refractivity contribution in [1.82, 2.24) is 0 Å². The maximum absolute atomic E-state index is 5.64. The van der Waals surface area contributed by atoms with Gasteiger partial charge in [0.15, 0.2) is 0 Å². The molecular formula is C18H18O. The van der Waals surface area contributed by atoms with Gasteiger partial charge in [-0.25, -0.2) is 0 Å². The summed E-state index contributed by atoms with van der Waals surface area (Å²) in [5.41, 5.74) is 5.76. The normalized spacial score (nSPS) is 17.1. The summed E-state index contributed by atoms with van der Waals surface area (Å²) in [4.78, 5) is 0. The summed E-state index contributed by atoms with van der Waals surface area (Å²) in [6.45, 7) is 0.840. The van der Waals surface area contributed by atoms with E-state index in [1.807, 2.05) is 0 Å². The average Bonchev–Trinajstić information content (AvgIpc) is 3.17. The van der Waals surface area contributed by atoms with Crippen LogP contribution in [0.3, 0.4) is 0 Å². The van der Waals surface area contributed by atoms with Crippen LogP contribution in [0.5, 0.6) is 5.75 Å². The van der Waals surface area contributed by atoms with Crippen molar-refractivity contribution in [2.24, 2.45) is 0 Å². The van der Waals surface area contributed by atoms with Gasteiger partial charge in [0.1, 0.15) is 5.75 Å². The number of rotatable bonds is 3. The highest BCUT2D eigenvalue weighted by atomic mass is 16.5. The molecule has 0 bridgehead atoms. The predicted molar refractivity (Wildman–Crippen MR) is 76.9 cm³/mol. The number of fused-ring (bicyclic) bond motifs is 1. The lowest BCUT2D eigenvalue weighted by atomic mass is 9.97. The van der Waals surface area contributed by atoms with E-state index in [0.717, 1.165) is 31.1 Å². The first kappa shape index (κ1) is 11.1. The Balaban J connectivity index is 1.59. The Morgan fingerprint density at radius 3 is 2.63 bits per heavy atom. The molecule has 0 aromatic heterocycles. The van der Waals surface area contributed by atoms with Crippen molar-refractivity contribution in [3.8, 4) is 5.75 Å². The van der Waals surface area contributed by atoms with E-state index < -0.39 is 0 Å². The minimum absolute atomic E-state index is 0.840. The summed E-state index contributed by atoms with van der Waals surface area (Å²) in [6, 6.07) is 15.6. The summed E-state index contributed by atoms with van der Waals surface area (Å²) in [7, 11) is 0. The van der Waals surface area contributed by atoms with Crippen LogP contribution in [0, 0.1) is 0 Å². The van der Waals surface area contributed by atoms with Crippen molar-refractivity contribution < 1.29 is 4.74 Å². The Kier molecular flexibility index (Phi) is 2.58. The summed E-state index contributed by atoms with van der Waals surface area (Å²) >= 11 is 0. The minimum atomic E-state index is 0.840. The van der Waals surface area contributed by atoms with E-state index in [-0.39, 0.29) is 0 Å². The Hall–Kier alpha value is -1.76. The first-order valence-electron chi connectivity index (χ1n) is 7.22. The van der Waals surface area contributed by atoms with Crippen LogP contribution in [0.2, 0.25) is 0 Å². The van der Waals surface area contributed by atoms with Gasteiger partial charge in [0.05, 0.1) is 6.61 Å². The smallest absolute Gasteiger partial charge is 0.122 e. The molecule has 1 aliphatic heterocycles. The molecule has 1 fully saturated rings. The lowest BCUT2D eigenvalue weighted by molar-refractivity contribution is 0.357. The van der Waals surface area contributed by atoms with Crippen molar-refractivity contribution in [2.75, 3.05) is 6.61 Å². The SMILES string of the molecule is c1cc(Cc2ccc(C3CC3)cc2)c2c(c1)OCC2. The first-order valence-corrected chi connectivity index (χ1v) is 7.22. The molecule has 1 heterocycles. The monoisotopic (exact) mass is 250 g/mol. The molecule has 0 saturated heterocycles. The molecule has 0 radical (unpaired) electrons. The maximum atomic E-state index is 5.64. The fourth-order valence-electron chi connectivity index (χ4n) is 3.00. The average molecular weight is 250 g/mol. The molecule has 19 heavy (non-hydrogen) atoms. The molecule has 96 valence electrons. The topological polar surface area (TPSA) is 9.23 Å². The molecule has 0 N–H and O–H groups in total. The van der Waals surface area contributed by atoms with Gasteiger partial charge in [-0.15, -0.1) is 0 Å². The second-order valence-corrected chi connectivity index (χ2v) is 5.68. The third-order valence-corrected chi connectivity index (χ3v) is 4.26. The zero-order chi connectivity index (χ0) is 12.7. The van der Waals surface area contributed by atoms with Crippen molar-refractivity contribution >= 4 is 0 Å². The molecule has 1 nitrogen and oxygen atoms in total. The summed E-state index contributed by atoms with van der Waals surface area (Å²) in [6.07, 6.45) is 4.84. The van der Waals surface area contributed by atoms with Gasteiger partial charge in [0.2, 0.25) is 0 Å². The highest BCUT2D eigenvalue weighted by molar-refractivity contribution is 5.45. The molecule has 2 aliphatic rings. The summed E-state index contributed by atoms with van der Waals surface area (Å²) in [5.74, 6) is 1.94. The molecule has 0 amide bonds. The van der Waals surface area contributed by atoms with Gasteiger partial charge in [-0.05, 0) is 47.9 Å². The quantitative estimate of drug-likeness (QED) is 0.797. The van der Waals surface area contributed by atoms with Crippen LogP contribution in [0.4, 0.5) is 0 Å².